The quantitative estimate of drug-likeness (QED) is 0.652. The maximum absolute atomic E-state index is 13.5. The van der Waals surface area contributed by atoms with Crippen LogP contribution in [0.2, 0.25) is 0 Å². The molecular weight excluding hydrogens is 352 g/mol. The maximum Gasteiger partial charge on any atom is 0.262 e. The molecule has 0 aromatic heterocycles. The van der Waals surface area contributed by atoms with Gasteiger partial charge in [0.05, 0.1) is 11.1 Å². The average Bonchev–Trinajstić information content (AvgIpc) is 3.00. The van der Waals surface area contributed by atoms with Crippen molar-refractivity contribution in [2.75, 3.05) is 4.90 Å². The van der Waals surface area contributed by atoms with E-state index in [-0.39, 0.29) is 5.91 Å². The van der Waals surface area contributed by atoms with E-state index in [4.69, 9.17) is 0 Å². The van der Waals surface area contributed by atoms with Gasteiger partial charge in [-0.3, -0.25) is 24.2 Å². The highest BCUT2D eigenvalue weighted by Gasteiger charge is 2.42. The van der Waals surface area contributed by atoms with Gasteiger partial charge in [-0.25, -0.2) is 0 Å². The summed E-state index contributed by atoms with van der Waals surface area (Å²) < 4.78 is 0. The fourth-order valence-electron chi connectivity index (χ4n) is 3.41. The second kappa shape index (κ2) is 7.12. The van der Waals surface area contributed by atoms with E-state index in [1.807, 2.05) is 60.7 Å². The van der Waals surface area contributed by atoms with Crippen molar-refractivity contribution in [1.29, 1.82) is 0 Å². The summed E-state index contributed by atoms with van der Waals surface area (Å²) in [6, 6.07) is 24.0. The Morgan fingerprint density at radius 2 is 1.11 bits per heavy atom. The lowest BCUT2D eigenvalue weighted by atomic mass is 10.1. The lowest BCUT2D eigenvalue weighted by molar-refractivity contribution is -0.121. The molecule has 1 aliphatic rings. The molecule has 0 spiro atoms. The zero-order chi connectivity index (χ0) is 19.7. The fraction of sp³-hybridized carbons (Fsp3) is 0.0870. The van der Waals surface area contributed by atoms with Gasteiger partial charge in [0.1, 0.15) is 6.04 Å². The summed E-state index contributed by atoms with van der Waals surface area (Å²) in [7, 11) is 0. The fourth-order valence-corrected chi connectivity index (χ4v) is 3.41. The Hall–Kier alpha value is -3.73. The summed E-state index contributed by atoms with van der Waals surface area (Å²) in [5, 5.41) is 0. The van der Waals surface area contributed by atoms with Crippen molar-refractivity contribution in [1.82, 2.24) is 4.90 Å². The molecule has 0 saturated carbocycles. The first-order valence-corrected chi connectivity index (χ1v) is 9.00. The van der Waals surface area contributed by atoms with Crippen molar-refractivity contribution in [2.45, 2.75) is 13.0 Å². The number of fused-ring (bicyclic) bond motifs is 1. The molecule has 138 valence electrons. The van der Waals surface area contributed by atoms with Crippen LogP contribution in [0.1, 0.15) is 27.6 Å². The highest BCUT2D eigenvalue weighted by Crippen LogP contribution is 2.30. The first-order chi connectivity index (χ1) is 13.6. The molecule has 0 bridgehead atoms. The number of hydrogen-bond donors (Lipinski definition) is 0. The Morgan fingerprint density at radius 3 is 1.54 bits per heavy atom. The third-order valence-electron chi connectivity index (χ3n) is 4.82. The van der Waals surface area contributed by atoms with Crippen LogP contribution in [-0.2, 0) is 4.79 Å². The normalized spacial score (nSPS) is 14.0. The molecule has 4 rings (SSSR count). The van der Waals surface area contributed by atoms with Crippen LogP contribution in [0.25, 0.3) is 0 Å². The largest absolute Gasteiger partial charge is 0.279 e. The number of para-hydroxylation sites is 2. The minimum atomic E-state index is -0.951. The van der Waals surface area contributed by atoms with E-state index in [1.54, 1.807) is 31.2 Å². The molecule has 3 aromatic carbocycles. The van der Waals surface area contributed by atoms with Crippen LogP contribution < -0.4 is 4.90 Å². The number of benzene rings is 3. The molecule has 1 aliphatic heterocycles. The third-order valence-corrected chi connectivity index (χ3v) is 4.82. The van der Waals surface area contributed by atoms with Crippen LogP contribution in [-0.4, -0.2) is 28.7 Å². The van der Waals surface area contributed by atoms with Crippen molar-refractivity contribution in [3.8, 4) is 0 Å². The molecule has 3 aromatic rings. The van der Waals surface area contributed by atoms with Crippen LogP contribution in [0.4, 0.5) is 11.4 Å². The predicted octanol–water partition coefficient (Wildman–Crippen LogP) is 4.04. The van der Waals surface area contributed by atoms with E-state index >= 15 is 0 Å². The van der Waals surface area contributed by atoms with Gasteiger partial charge in [0.15, 0.2) is 0 Å². The van der Waals surface area contributed by atoms with Crippen molar-refractivity contribution in [3.63, 3.8) is 0 Å². The molecule has 0 saturated heterocycles. The number of rotatable bonds is 4. The Labute approximate surface area is 162 Å². The van der Waals surface area contributed by atoms with E-state index in [9.17, 15) is 14.4 Å². The van der Waals surface area contributed by atoms with Crippen molar-refractivity contribution >= 4 is 29.1 Å². The Balaban J connectivity index is 1.72. The zero-order valence-corrected chi connectivity index (χ0v) is 15.3. The van der Waals surface area contributed by atoms with Gasteiger partial charge in [-0.2, -0.15) is 0 Å². The lowest BCUT2D eigenvalue weighted by Gasteiger charge is -2.29. The van der Waals surface area contributed by atoms with Crippen LogP contribution >= 0.6 is 0 Å². The van der Waals surface area contributed by atoms with E-state index in [0.29, 0.717) is 22.5 Å². The SMILES string of the molecule is C[C@@H](C(=O)N(c1ccccc1)c1ccccc1)N1C(=O)c2ccccc2C1=O. The minimum absolute atomic E-state index is 0.332. The average molecular weight is 370 g/mol. The monoisotopic (exact) mass is 370 g/mol. The maximum atomic E-state index is 13.5. The smallest absolute Gasteiger partial charge is 0.262 e. The Bertz CT molecular complexity index is 973. The minimum Gasteiger partial charge on any atom is -0.279 e. The van der Waals surface area contributed by atoms with Crippen molar-refractivity contribution < 1.29 is 14.4 Å². The molecule has 0 N–H and O–H groups in total. The Morgan fingerprint density at radius 1 is 0.714 bits per heavy atom. The van der Waals surface area contributed by atoms with Crippen LogP contribution in [0.5, 0.6) is 0 Å². The predicted molar refractivity (Wildman–Crippen MR) is 106 cm³/mol. The number of hydrogen-bond acceptors (Lipinski definition) is 3. The molecule has 1 atom stereocenters. The van der Waals surface area contributed by atoms with Crippen LogP contribution in [0, 0.1) is 0 Å². The van der Waals surface area contributed by atoms with Crippen molar-refractivity contribution in [2.24, 2.45) is 0 Å². The molecule has 0 unspecified atom stereocenters. The zero-order valence-electron chi connectivity index (χ0n) is 15.3. The van der Waals surface area contributed by atoms with Gasteiger partial charge in [-0.15, -0.1) is 0 Å². The van der Waals surface area contributed by atoms with Gasteiger partial charge >= 0.3 is 0 Å². The van der Waals surface area contributed by atoms with Gasteiger partial charge in [-0.1, -0.05) is 48.5 Å². The molecule has 0 radical (unpaired) electrons. The molecule has 3 amide bonds. The molecule has 0 aliphatic carbocycles. The van der Waals surface area contributed by atoms with Gasteiger partial charge < -0.3 is 0 Å². The van der Waals surface area contributed by atoms with Gasteiger partial charge in [-0.05, 0) is 43.3 Å². The first-order valence-electron chi connectivity index (χ1n) is 9.00. The number of nitrogens with zero attached hydrogens (tertiary/aromatic N) is 2. The summed E-state index contributed by atoms with van der Waals surface area (Å²) in [5.41, 5.74) is 2.00. The summed E-state index contributed by atoms with van der Waals surface area (Å²) in [4.78, 5) is 41.6. The van der Waals surface area contributed by atoms with Crippen LogP contribution in [0.15, 0.2) is 84.9 Å². The lowest BCUT2D eigenvalue weighted by Crippen LogP contribution is -2.48. The number of anilines is 2. The van der Waals surface area contributed by atoms with E-state index in [1.165, 1.54) is 4.90 Å². The van der Waals surface area contributed by atoms with Crippen LogP contribution in [0.3, 0.4) is 0 Å². The topological polar surface area (TPSA) is 57.7 Å². The summed E-state index contributed by atoms with van der Waals surface area (Å²) in [6.45, 7) is 1.59. The second-order valence-electron chi connectivity index (χ2n) is 6.55. The van der Waals surface area contributed by atoms with E-state index in [2.05, 4.69) is 0 Å². The second-order valence-corrected chi connectivity index (χ2v) is 6.55. The molecule has 0 fully saturated rings. The summed E-state index contributed by atoms with van der Waals surface area (Å²) in [6.07, 6.45) is 0. The van der Waals surface area contributed by atoms with Gasteiger partial charge in [0.25, 0.3) is 17.7 Å². The number of amides is 3. The van der Waals surface area contributed by atoms with Crippen molar-refractivity contribution in [3.05, 3.63) is 96.1 Å². The first kappa shape index (κ1) is 17.7. The molecule has 5 heteroatoms. The van der Waals surface area contributed by atoms with E-state index < -0.39 is 17.9 Å². The standard InChI is InChI=1S/C23H18N2O3/c1-16(24-22(27)19-14-8-9-15-20(19)23(24)28)21(26)25(17-10-4-2-5-11-17)18-12-6-3-7-13-18/h2-16H,1H3/t16-/m0/s1. The van der Waals surface area contributed by atoms with Gasteiger partial charge in [0.2, 0.25) is 0 Å². The summed E-state index contributed by atoms with van der Waals surface area (Å²) in [5.74, 6) is -1.24. The molecule has 1 heterocycles. The molecule has 5 nitrogen and oxygen atoms in total. The highest BCUT2D eigenvalue weighted by molar-refractivity contribution is 6.23. The van der Waals surface area contributed by atoms with Gasteiger partial charge in [0, 0.05) is 11.4 Å². The third kappa shape index (κ3) is 2.87. The summed E-state index contributed by atoms with van der Waals surface area (Å²) >= 11 is 0. The highest BCUT2D eigenvalue weighted by atomic mass is 16.2. The number of imide groups is 1. The number of carbonyl (C=O) groups excluding carboxylic acids is 3. The van der Waals surface area contributed by atoms with E-state index in [0.717, 1.165) is 4.90 Å². The number of carbonyl (C=O) groups is 3. The molecular formula is C23H18N2O3. The Kier molecular flexibility index (Phi) is 4.49. The molecule has 28 heavy (non-hydrogen) atoms.